The first-order chi connectivity index (χ1) is 22.1. The number of amides is 1. The van der Waals surface area contributed by atoms with Gasteiger partial charge < -0.3 is 99.8 Å². The minimum atomic E-state index is -2.02. The molecule has 0 unspecified atom stereocenters. The lowest BCUT2D eigenvalue weighted by atomic mass is 9.95. The summed E-state index contributed by atoms with van der Waals surface area (Å²) in [6.45, 7) is -0.0861. The first kappa shape index (κ1) is 38.5. The molecule has 0 aromatic carbocycles. The summed E-state index contributed by atoms with van der Waals surface area (Å²) in [5.74, 6) is -0.649. The smallest absolute Gasteiger partial charge is 0.217 e. The van der Waals surface area contributed by atoms with Crippen LogP contribution in [0.15, 0.2) is 0 Å². The van der Waals surface area contributed by atoms with Crippen molar-refractivity contribution in [3.8, 4) is 0 Å². The highest BCUT2D eigenvalue weighted by Crippen LogP contribution is 2.34. The maximum atomic E-state index is 11.6. The number of hydrogen-bond acceptors (Lipinski definition) is 20. The number of hydrogen-bond donors (Lipinski definition) is 13. The number of nitrogens with one attached hydrogen (secondary N) is 1. The van der Waals surface area contributed by atoms with E-state index in [4.69, 9.17) is 33.2 Å². The Labute approximate surface area is 267 Å². The van der Waals surface area contributed by atoms with E-state index in [0.717, 1.165) is 6.92 Å². The van der Waals surface area contributed by atoms with Crippen LogP contribution in [-0.2, 0) is 38.0 Å². The summed E-state index contributed by atoms with van der Waals surface area (Å²) in [5.41, 5.74) is 0. The molecule has 0 aromatic heterocycles. The molecule has 21 nitrogen and oxygen atoms in total. The molecule has 0 saturated carbocycles. The quantitative estimate of drug-likeness (QED) is 0.101. The van der Waals surface area contributed by atoms with Gasteiger partial charge in [0.25, 0.3) is 0 Å². The predicted octanol–water partition coefficient (Wildman–Crippen LogP) is -8.58. The molecular formula is C26H45NO20. The third kappa shape index (κ3) is 8.04. The standard InChI is InChI=1S/C26H45NO20/c1-6-12(32)15(35)18(38)24(41-6)47-22-16(36)13(33)8(3-28)43-26(22)46-21-10(5-30)44-25(19(39)17(21)37)45-20-9(4-29)42-23(40)11(14(20)34)27-7(2)31/h6,8-26,28-30,32-40H,3-5H2,1-2H3,(H,27,31)/t6-,8+,9+,10+,11+,12+,13-,14+,15+,16-,17+,18-,19+,20+,21-,22+,23+,24-,25-,26-/m0/s1. The van der Waals surface area contributed by atoms with E-state index in [2.05, 4.69) is 5.32 Å². The van der Waals surface area contributed by atoms with Crippen LogP contribution in [0.4, 0.5) is 0 Å². The minimum Gasteiger partial charge on any atom is -0.394 e. The molecule has 20 atom stereocenters. The predicted molar refractivity (Wildman–Crippen MR) is 144 cm³/mol. The van der Waals surface area contributed by atoms with E-state index >= 15 is 0 Å². The Bertz CT molecular complexity index is 1010. The molecule has 21 heteroatoms. The van der Waals surface area contributed by atoms with Gasteiger partial charge >= 0.3 is 0 Å². The fourth-order valence-electron chi connectivity index (χ4n) is 5.87. The lowest BCUT2D eigenvalue weighted by molar-refractivity contribution is -0.392. The van der Waals surface area contributed by atoms with Gasteiger partial charge in [0.1, 0.15) is 91.5 Å². The van der Waals surface area contributed by atoms with Crippen LogP contribution in [0, 0.1) is 0 Å². The molecule has 0 radical (unpaired) electrons. The van der Waals surface area contributed by atoms with Gasteiger partial charge in [-0.2, -0.15) is 0 Å². The second-order valence-corrected chi connectivity index (χ2v) is 11.9. The Morgan fingerprint density at radius 1 is 0.553 bits per heavy atom. The van der Waals surface area contributed by atoms with Crippen molar-refractivity contribution in [3.05, 3.63) is 0 Å². The second kappa shape index (κ2) is 16.2. The number of rotatable bonds is 10. The van der Waals surface area contributed by atoms with E-state index in [1.165, 1.54) is 6.92 Å². The van der Waals surface area contributed by atoms with Crippen LogP contribution >= 0.6 is 0 Å². The molecule has 47 heavy (non-hydrogen) atoms. The SMILES string of the molecule is CC(=O)N[C@@H]1[C@@H](O)[C@H](O[C@@H]2O[C@H](CO)[C@H](O[C@@H]3O[C@H](CO)[C@H](O)[C@H](O)[C@H]3O[C@@H]3O[C@@H](C)[C@@H](O)[C@@H](O)[C@@H]3O)[C@H](O)[C@H]2O)[C@@H](CO)O[C@H]1O. The van der Waals surface area contributed by atoms with E-state index in [1.54, 1.807) is 0 Å². The van der Waals surface area contributed by atoms with Gasteiger partial charge in [-0.15, -0.1) is 0 Å². The molecule has 0 bridgehead atoms. The summed E-state index contributed by atoms with van der Waals surface area (Å²) < 4.78 is 38.8. The summed E-state index contributed by atoms with van der Waals surface area (Å²) in [6.07, 6.45) is -32.3. The van der Waals surface area contributed by atoms with Gasteiger partial charge in [0.2, 0.25) is 5.91 Å². The van der Waals surface area contributed by atoms with Gasteiger partial charge in [-0.3, -0.25) is 4.79 Å². The number of carbonyl (C=O) groups excluding carboxylic acids is 1. The van der Waals surface area contributed by atoms with E-state index in [9.17, 15) is 66.1 Å². The zero-order chi connectivity index (χ0) is 34.9. The van der Waals surface area contributed by atoms with Crippen LogP contribution in [0.3, 0.4) is 0 Å². The van der Waals surface area contributed by atoms with Gasteiger partial charge in [0, 0.05) is 6.92 Å². The van der Waals surface area contributed by atoms with Crippen molar-refractivity contribution in [2.24, 2.45) is 0 Å². The van der Waals surface area contributed by atoms with E-state index in [1.807, 2.05) is 0 Å². The van der Waals surface area contributed by atoms with Crippen LogP contribution in [-0.4, -0.2) is 210 Å². The summed E-state index contributed by atoms with van der Waals surface area (Å²) in [5, 5.41) is 127. The summed E-state index contributed by atoms with van der Waals surface area (Å²) in [6, 6.07) is -1.43. The molecule has 4 rings (SSSR count). The number of aliphatic hydroxyl groups is 12. The van der Waals surface area contributed by atoms with E-state index < -0.39 is 148 Å². The van der Waals surface area contributed by atoms with Crippen molar-refractivity contribution >= 4 is 5.91 Å². The number of aliphatic hydroxyl groups excluding tert-OH is 12. The van der Waals surface area contributed by atoms with Gasteiger partial charge in [0.05, 0.1) is 25.9 Å². The van der Waals surface area contributed by atoms with Crippen molar-refractivity contribution in [2.75, 3.05) is 19.8 Å². The lowest BCUT2D eigenvalue weighted by Crippen LogP contribution is -2.68. The summed E-state index contributed by atoms with van der Waals surface area (Å²) in [4.78, 5) is 11.6. The Balaban J connectivity index is 1.52. The zero-order valence-corrected chi connectivity index (χ0v) is 25.3. The first-order valence-corrected chi connectivity index (χ1v) is 15.0. The third-order valence-electron chi connectivity index (χ3n) is 8.57. The lowest BCUT2D eigenvalue weighted by Gasteiger charge is -2.49. The molecule has 4 aliphatic heterocycles. The molecule has 13 N–H and O–H groups in total. The highest BCUT2D eigenvalue weighted by molar-refractivity contribution is 5.73. The molecule has 4 saturated heterocycles. The Kier molecular flexibility index (Phi) is 13.2. The normalized spacial score (nSPS) is 51.0. The molecule has 274 valence electrons. The van der Waals surface area contributed by atoms with Gasteiger partial charge in [0.15, 0.2) is 25.2 Å². The largest absolute Gasteiger partial charge is 0.394 e. The topological polar surface area (TPSA) is 336 Å². The Hall–Kier alpha value is -1.29. The molecule has 1 amide bonds. The summed E-state index contributed by atoms with van der Waals surface area (Å²) in [7, 11) is 0. The fourth-order valence-corrected chi connectivity index (χ4v) is 5.87. The summed E-state index contributed by atoms with van der Waals surface area (Å²) >= 11 is 0. The van der Waals surface area contributed by atoms with Crippen molar-refractivity contribution in [2.45, 2.75) is 137 Å². The molecule has 0 aromatic rings. The van der Waals surface area contributed by atoms with Crippen molar-refractivity contribution in [3.63, 3.8) is 0 Å². The van der Waals surface area contributed by atoms with Crippen molar-refractivity contribution in [1.82, 2.24) is 5.32 Å². The van der Waals surface area contributed by atoms with Crippen LogP contribution < -0.4 is 5.32 Å². The van der Waals surface area contributed by atoms with Crippen LogP contribution in [0.5, 0.6) is 0 Å². The maximum Gasteiger partial charge on any atom is 0.217 e. The monoisotopic (exact) mass is 691 g/mol. The molecule has 4 aliphatic rings. The van der Waals surface area contributed by atoms with E-state index in [-0.39, 0.29) is 0 Å². The van der Waals surface area contributed by atoms with Gasteiger partial charge in [-0.25, -0.2) is 0 Å². The molecule has 0 spiro atoms. The van der Waals surface area contributed by atoms with Gasteiger partial charge in [-0.1, -0.05) is 0 Å². The van der Waals surface area contributed by atoms with Crippen LogP contribution in [0.25, 0.3) is 0 Å². The maximum absolute atomic E-state index is 11.6. The highest BCUT2D eigenvalue weighted by atomic mass is 16.8. The fraction of sp³-hybridized carbons (Fsp3) is 0.962. The minimum absolute atomic E-state index is 0.649. The zero-order valence-electron chi connectivity index (χ0n) is 25.3. The highest BCUT2D eigenvalue weighted by Gasteiger charge is 2.55. The van der Waals surface area contributed by atoms with Gasteiger partial charge in [-0.05, 0) is 6.92 Å². The Morgan fingerprint density at radius 3 is 1.62 bits per heavy atom. The number of carbonyl (C=O) groups is 1. The van der Waals surface area contributed by atoms with Crippen molar-refractivity contribution in [1.29, 1.82) is 0 Å². The average molecular weight is 692 g/mol. The van der Waals surface area contributed by atoms with Crippen LogP contribution in [0.1, 0.15) is 13.8 Å². The van der Waals surface area contributed by atoms with Crippen LogP contribution in [0.2, 0.25) is 0 Å². The number of ether oxygens (including phenoxy) is 7. The van der Waals surface area contributed by atoms with E-state index in [0.29, 0.717) is 0 Å². The first-order valence-electron chi connectivity index (χ1n) is 15.0. The molecule has 4 heterocycles. The molecule has 4 fully saturated rings. The Morgan fingerprint density at radius 2 is 1.02 bits per heavy atom. The third-order valence-corrected chi connectivity index (χ3v) is 8.57. The molecule has 0 aliphatic carbocycles. The average Bonchev–Trinajstić information content (AvgIpc) is 3.04. The second-order valence-electron chi connectivity index (χ2n) is 11.9. The van der Waals surface area contributed by atoms with Crippen molar-refractivity contribution < 1.29 is 99.2 Å². The molecular weight excluding hydrogens is 646 g/mol.